The number of carbonyl (C=O) groups is 1. The van der Waals surface area contributed by atoms with Crippen molar-refractivity contribution in [2.75, 3.05) is 13.2 Å². The maximum atomic E-state index is 10.4. The molecular formula is C15H30O5. The van der Waals surface area contributed by atoms with Crippen LogP contribution in [0.3, 0.4) is 0 Å². The van der Waals surface area contributed by atoms with E-state index in [0.29, 0.717) is 6.42 Å². The van der Waals surface area contributed by atoms with Gasteiger partial charge in [-0.3, -0.25) is 4.79 Å². The normalized spacial score (nSPS) is 14.2. The maximum absolute atomic E-state index is 10.4. The van der Waals surface area contributed by atoms with Crippen molar-refractivity contribution in [1.82, 2.24) is 0 Å². The lowest BCUT2D eigenvalue weighted by atomic mass is 10.0. The zero-order valence-electron chi connectivity index (χ0n) is 12.6. The second-order valence-electron chi connectivity index (χ2n) is 5.28. The van der Waals surface area contributed by atoms with Gasteiger partial charge in [0.2, 0.25) is 0 Å². The number of aliphatic carboxylic acids is 1. The van der Waals surface area contributed by atoms with Crippen molar-refractivity contribution >= 4 is 5.97 Å². The Bertz CT molecular complexity index is 232. The summed E-state index contributed by atoms with van der Waals surface area (Å²) in [6.07, 6.45) is 7.32. The minimum absolute atomic E-state index is 0.0573. The molecule has 2 unspecified atom stereocenters. The Morgan fingerprint density at radius 3 is 2.30 bits per heavy atom. The number of unbranched alkanes of at least 4 members (excludes halogenated alkanes) is 4. The lowest BCUT2D eigenvalue weighted by molar-refractivity contribution is -0.137. The minimum Gasteiger partial charge on any atom is -0.481 e. The van der Waals surface area contributed by atoms with Crippen LogP contribution >= 0.6 is 0 Å². The Kier molecular flexibility index (Phi) is 12.9. The monoisotopic (exact) mass is 290 g/mol. The van der Waals surface area contributed by atoms with Crippen LogP contribution in [0.5, 0.6) is 0 Å². The standard InChI is InChI=1S/C15H30O5/c1-2-3-4-5-8-14(20-12-13(17)11-16)9-6-7-10-15(18)19/h13-14,16-17H,2-12H2,1H3,(H,18,19). The van der Waals surface area contributed by atoms with E-state index in [0.717, 1.165) is 25.7 Å². The fraction of sp³-hybridized carbons (Fsp3) is 0.933. The SMILES string of the molecule is CCCCCCC(CCCCC(=O)O)OCC(O)CO. The fourth-order valence-electron chi connectivity index (χ4n) is 2.06. The van der Waals surface area contributed by atoms with Gasteiger partial charge in [0, 0.05) is 6.42 Å². The summed E-state index contributed by atoms with van der Waals surface area (Å²) in [5.74, 6) is -0.763. The Morgan fingerprint density at radius 1 is 1.10 bits per heavy atom. The Labute approximate surface area is 122 Å². The van der Waals surface area contributed by atoms with Gasteiger partial charge in [-0.25, -0.2) is 0 Å². The molecule has 5 nitrogen and oxygen atoms in total. The van der Waals surface area contributed by atoms with Crippen LogP contribution in [0.4, 0.5) is 0 Å². The lowest BCUT2D eigenvalue weighted by Gasteiger charge is -2.19. The van der Waals surface area contributed by atoms with Crippen LogP contribution in [0.2, 0.25) is 0 Å². The van der Waals surface area contributed by atoms with E-state index in [1.165, 1.54) is 19.3 Å². The third-order valence-electron chi connectivity index (χ3n) is 3.28. The highest BCUT2D eigenvalue weighted by atomic mass is 16.5. The molecule has 0 aliphatic heterocycles. The predicted molar refractivity (Wildman–Crippen MR) is 77.7 cm³/mol. The number of hydrogen-bond donors (Lipinski definition) is 3. The molecule has 0 aromatic carbocycles. The number of aliphatic hydroxyl groups excluding tert-OH is 2. The molecule has 2 atom stereocenters. The van der Waals surface area contributed by atoms with Crippen molar-refractivity contribution in [2.45, 2.75) is 76.9 Å². The van der Waals surface area contributed by atoms with Crippen LogP contribution in [-0.2, 0) is 9.53 Å². The average molecular weight is 290 g/mol. The van der Waals surface area contributed by atoms with Crippen molar-refractivity contribution in [3.63, 3.8) is 0 Å². The number of carboxylic acids is 1. The molecule has 0 amide bonds. The van der Waals surface area contributed by atoms with E-state index in [2.05, 4.69) is 6.92 Å². The zero-order valence-corrected chi connectivity index (χ0v) is 12.6. The molecule has 0 bridgehead atoms. The maximum Gasteiger partial charge on any atom is 0.303 e. The Hall–Kier alpha value is -0.650. The summed E-state index contributed by atoms with van der Waals surface area (Å²) in [5.41, 5.74) is 0. The van der Waals surface area contributed by atoms with E-state index in [1.54, 1.807) is 0 Å². The van der Waals surface area contributed by atoms with E-state index in [9.17, 15) is 9.90 Å². The molecule has 0 rings (SSSR count). The molecule has 0 heterocycles. The van der Waals surface area contributed by atoms with Gasteiger partial charge < -0.3 is 20.1 Å². The molecule has 0 aromatic heterocycles. The van der Waals surface area contributed by atoms with Gasteiger partial charge in [-0.1, -0.05) is 39.0 Å². The van der Waals surface area contributed by atoms with Gasteiger partial charge in [-0.15, -0.1) is 0 Å². The molecule has 0 saturated carbocycles. The second kappa shape index (κ2) is 13.3. The molecule has 0 aromatic rings. The summed E-state index contributed by atoms with van der Waals surface area (Å²) < 4.78 is 5.62. The Balaban J connectivity index is 3.87. The molecule has 3 N–H and O–H groups in total. The van der Waals surface area contributed by atoms with E-state index in [1.807, 2.05) is 0 Å². The molecule has 0 aliphatic rings. The second-order valence-corrected chi connectivity index (χ2v) is 5.28. The number of hydrogen-bond acceptors (Lipinski definition) is 4. The summed E-state index contributed by atoms with van der Waals surface area (Å²) in [5, 5.41) is 26.7. The van der Waals surface area contributed by atoms with Crippen LogP contribution in [0.15, 0.2) is 0 Å². The predicted octanol–water partition coefficient (Wildman–Crippen LogP) is 2.34. The number of aliphatic hydroxyl groups is 2. The quantitative estimate of drug-likeness (QED) is 0.427. The molecule has 5 heteroatoms. The number of rotatable bonds is 14. The van der Waals surface area contributed by atoms with Crippen LogP contribution in [-0.4, -0.2) is 46.7 Å². The average Bonchev–Trinajstić information content (AvgIpc) is 2.43. The van der Waals surface area contributed by atoms with E-state index < -0.39 is 12.1 Å². The highest BCUT2D eigenvalue weighted by molar-refractivity contribution is 5.66. The first-order chi connectivity index (χ1) is 9.60. The lowest BCUT2D eigenvalue weighted by Crippen LogP contribution is -2.24. The van der Waals surface area contributed by atoms with Crippen LogP contribution < -0.4 is 0 Å². The Morgan fingerprint density at radius 2 is 1.75 bits per heavy atom. The summed E-state index contributed by atoms with van der Waals surface area (Å²) in [6.45, 7) is 2.02. The zero-order chi connectivity index (χ0) is 15.2. The van der Waals surface area contributed by atoms with Gasteiger partial charge in [0.25, 0.3) is 0 Å². The van der Waals surface area contributed by atoms with Crippen LogP contribution in [0.25, 0.3) is 0 Å². The first-order valence-corrected chi connectivity index (χ1v) is 7.72. The third-order valence-corrected chi connectivity index (χ3v) is 3.28. The third kappa shape index (κ3) is 12.4. The van der Waals surface area contributed by atoms with E-state index >= 15 is 0 Å². The van der Waals surface area contributed by atoms with Gasteiger partial charge in [0.05, 0.1) is 19.3 Å². The van der Waals surface area contributed by atoms with Gasteiger partial charge in [0.15, 0.2) is 0 Å². The van der Waals surface area contributed by atoms with E-state index in [-0.39, 0.29) is 25.7 Å². The smallest absolute Gasteiger partial charge is 0.303 e. The molecule has 0 fully saturated rings. The molecule has 0 saturated heterocycles. The van der Waals surface area contributed by atoms with Gasteiger partial charge in [0.1, 0.15) is 6.10 Å². The van der Waals surface area contributed by atoms with Crippen LogP contribution in [0, 0.1) is 0 Å². The molecule has 20 heavy (non-hydrogen) atoms. The van der Waals surface area contributed by atoms with Crippen molar-refractivity contribution in [3.8, 4) is 0 Å². The molecule has 0 radical (unpaired) electrons. The highest BCUT2D eigenvalue weighted by Gasteiger charge is 2.12. The molecule has 0 aliphatic carbocycles. The first kappa shape index (κ1) is 19.4. The minimum atomic E-state index is -0.827. The molecular weight excluding hydrogens is 260 g/mol. The van der Waals surface area contributed by atoms with Crippen molar-refractivity contribution < 1.29 is 24.9 Å². The largest absolute Gasteiger partial charge is 0.481 e. The van der Waals surface area contributed by atoms with Gasteiger partial charge in [-0.2, -0.15) is 0 Å². The van der Waals surface area contributed by atoms with E-state index in [4.69, 9.17) is 14.9 Å². The summed E-state index contributed by atoms with van der Waals surface area (Å²) >= 11 is 0. The van der Waals surface area contributed by atoms with Crippen molar-refractivity contribution in [1.29, 1.82) is 0 Å². The first-order valence-electron chi connectivity index (χ1n) is 7.72. The van der Waals surface area contributed by atoms with Gasteiger partial charge in [-0.05, 0) is 19.3 Å². The summed E-state index contributed by atoms with van der Waals surface area (Å²) in [4.78, 5) is 10.4. The molecule has 120 valence electrons. The summed E-state index contributed by atoms with van der Waals surface area (Å²) in [7, 11) is 0. The highest BCUT2D eigenvalue weighted by Crippen LogP contribution is 2.15. The fourth-order valence-corrected chi connectivity index (χ4v) is 2.06. The van der Waals surface area contributed by atoms with Crippen molar-refractivity contribution in [3.05, 3.63) is 0 Å². The van der Waals surface area contributed by atoms with Crippen LogP contribution in [0.1, 0.15) is 64.7 Å². The molecule has 0 spiro atoms. The number of ether oxygens (including phenoxy) is 1. The topological polar surface area (TPSA) is 87.0 Å². The summed E-state index contributed by atoms with van der Waals surface area (Å²) in [6, 6.07) is 0. The number of carboxylic acid groups (broad SMARTS) is 1. The van der Waals surface area contributed by atoms with Gasteiger partial charge >= 0.3 is 5.97 Å². The van der Waals surface area contributed by atoms with Crippen molar-refractivity contribution in [2.24, 2.45) is 0 Å².